The number of nitrogens with zero attached hydrogens (tertiary/aromatic N) is 1. The Morgan fingerprint density at radius 2 is 2.40 bits per heavy atom. The molecule has 0 spiro atoms. The smallest absolute Gasteiger partial charge is 0.0901 e. The van der Waals surface area contributed by atoms with Gasteiger partial charge < -0.3 is 5.11 Å². The second kappa shape index (κ2) is 5.83. The normalized spacial score (nSPS) is 14.8. The first kappa shape index (κ1) is 12.1. The Kier molecular flexibility index (Phi) is 4.72. The lowest BCUT2D eigenvalue weighted by atomic mass is 10.1. The number of aliphatic hydroxyl groups excluding tert-OH is 1. The summed E-state index contributed by atoms with van der Waals surface area (Å²) >= 11 is 1.62. The van der Waals surface area contributed by atoms with Crippen molar-refractivity contribution in [2.45, 2.75) is 33.3 Å². The summed E-state index contributed by atoms with van der Waals surface area (Å²) < 4.78 is 0. The number of aromatic nitrogens is 1. The summed E-state index contributed by atoms with van der Waals surface area (Å²) in [5.41, 5.74) is 1.90. The summed E-state index contributed by atoms with van der Waals surface area (Å²) in [4.78, 5) is 4.33. The lowest BCUT2D eigenvalue weighted by Gasteiger charge is -2.07. The van der Waals surface area contributed by atoms with Crippen LogP contribution in [0.25, 0.3) is 6.08 Å². The molecule has 15 heavy (non-hydrogen) atoms. The van der Waals surface area contributed by atoms with Crippen LogP contribution >= 0.6 is 11.3 Å². The Balaban J connectivity index is 2.66. The minimum absolute atomic E-state index is 0.400. The van der Waals surface area contributed by atoms with Crippen molar-refractivity contribution < 1.29 is 5.11 Å². The maximum Gasteiger partial charge on any atom is 0.0901 e. The van der Waals surface area contributed by atoms with E-state index in [1.807, 2.05) is 44.4 Å². The second-order valence-corrected chi connectivity index (χ2v) is 4.56. The van der Waals surface area contributed by atoms with Crippen molar-refractivity contribution in [3.8, 4) is 0 Å². The summed E-state index contributed by atoms with van der Waals surface area (Å²) in [5.74, 6) is 0. The Morgan fingerprint density at radius 3 is 2.93 bits per heavy atom. The number of hydrogen-bond acceptors (Lipinski definition) is 3. The van der Waals surface area contributed by atoms with Crippen LogP contribution in [0.2, 0.25) is 0 Å². The number of aliphatic hydroxyl groups is 1. The van der Waals surface area contributed by atoms with Crippen LogP contribution in [0, 0.1) is 6.92 Å². The van der Waals surface area contributed by atoms with E-state index in [4.69, 9.17) is 0 Å². The van der Waals surface area contributed by atoms with E-state index < -0.39 is 6.10 Å². The van der Waals surface area contributed by atoms with Crippen LogP contribution in [0.4, 0.5) is 0 Å². The van der Waals surface area contributed by atoms with Gasteiger partial charge in [0.1, 0.15) is 0 Å². The van der Waals surface area contributed by atoms with Crippen LogP contribution in [0.15, 0.2) is 23.1 Å². The van der Waals surface area contributed by atoms with E-state index in [2.05, 4.69) is 4.98 Å². The van der Waals surface area contributed by atoms with Gasteiger partial charge in [0.15, 0.2) is 0 Å². The van der Waals surface area contributed by atoms with Crippen LogP contribution in [-0.4, -0.2) is 16.2 Å². The van der Waals surface area contributed by atoms with Gasteiger partial charge in [0.2, 0.25) is 0 Å². The zero-order chi connectivity index (χ0) is 11.3. The molecular weight excluding hydrogens is 206 g/mol. The minimum Gasteiger partial charge on any atom is -0.388 e. The molecule has 1 heterocycles. The molecule has 1 aromatic rings. The molecule has 0 aliphatic heterocycles. The average Bonchev–Trinajstić information content (AvgIpc) is 2.60. The standard InChI is InChI=1S/C12H17NOS/c1-4-5-6-12(14)9(2)7-11-8-15-10(3)13-11/h4-5,7-8,12,14H,6H2,1-3H3/b5-4-,9-7+/t12-/m0/s1. The molecule has 0 fully saturated rings. The molecule has 0 amide bonds. The molecule has 3 heteroatoms. The Hall–Kier alpha value is -0.930. The Labute approximate surface area is 95.0 Å². The van der Waals surface area contributed by atoms with Crippen molar-refractivity contribution in [1.29, 1.82) is 0 Å². The number of hydrogen-bond donors (Lipinski definition) is 1. The summed E-state index contributed by atoms with van der Waals surface area (Å²) in [5, 5.41) is 12.8. The van der Waals surface area contributed by atoms with Gasteiger partial charge in [0, 0.05) is 5.38 Å². The maximum absolute atomic E-state index is 9.77. The number of allylic oxidation sites excluding steroid dienone is 1. The van der Waals surface area contributed by atoms with Gasteiger partial charge in [-0.3, -0.25) is 0 Å². The molecule has 1 rings (SSSR count). The maximum atomic E-state index is 9.77. The van der Waals surface area contributed by atoms with Crippen LogP contribution < -0.4 is 0 Å². The zero-order valence-corrected chi connectivity index (χ0v) is 10.2. The first-order chi connectivity index (χ1) is 7.13. The molecule has 82 valence electrons. The fraction of sp³-hybridized carbons (Fsp3) is 0.417. The molecule has 1 atom stereocenters. The second-order valence-electron chi connectivity index (χ2n) is 3.50. The van der Waals surface area contributed by atoms with E-state index in [-0.39, 0.29) is 0 Å². The lowest BCUT2D eigenvalue weighted by molar-refractivity contribution is 0.215. The fourth-order valence-corrected chi connectivity index (χ4v) is 1.80. The van der Waals surface area contributed by atoms with E-state index in [1.54, 1.807) is 11.3 Å². The summed E-state index contributed by atoms with van der Waals surface area (Å²) in [6, 6.07) is 0. The largest absolute Gasteiger partial charge is 0.388 e. The highest BCUT2D eigenvalue weighted by Crippen LogP contribution is 2.14. The van der Waals surface area contributed by atoms with Crippen molar-refractivity contribution in [3.05, 3.63) is 33.8 Å². The van der Waals surface area contributed by atoms with Gasteiger partial charge in [-0.2, -0.15) is 0 Å². The van der Waals surface area contributed by atoms with Gasteiger partial charge in [-0.25, -0.2) is 4.98 Å². The third kappa shape index (κ3) is 3.98. The van der Waals surface area contributed by atoms with Crippen molar-refractivity contribution in [3.63, 3.8) is 0 Å². The minimum atomic E-state index is -0.400. The topological polar surface area (TPSA) is 33.1 Å². The van der Waals surface area contributed by atoms with Gasteiger partial charge in [-0.1, -0.05) is 12.2 Å². The predicted molar refractivity (Wildman–Crippen MR) is 65.9 cm³/mol. The summed E-state index contributed by atoms with van der Waals surface area (Å²) in [6.07, 6.45) is 6.13. The average molecular weight is 223 g/mol. The highest BCUT2D eigenvalue weighted by atomic mass is 32.1. The first-order valence-electron chi connectivity index (χ1n) is 5.03. The predicted octanol–water partition coefficient (Wildman–Crippen LogP) is 3.18. The third-order valence-electron chi connectivity index (χ3n) is 2.13. The highest BCUT2D eigenvalue weighted by molar-refractivity contribution is 7.09. The fourth-order valence-electron chi connectivity index (χ4n) is 1.23. The van der Waals surface area contributed by atoms with Crippen LogP contribution in [0.5, 0.6) is 0 Å². The lowest BCUT2D eigenvalue weighted by Crippen LogP contribution is -2.06. The number of thiazole rings is 1. The van der Waals surface area contributed by atoms with E-state index >= 15 is 0 Å². The molecular formula is C12H17NOS. The van der Waals surface area contributed by atoms with Crippen molar-refractivity contribution in [2.24, 2.45) is 0 Å². The molecule has 0 unspecified atom stereocenters. The third-order valence-corrected chi connectivity index (χ3v) is 2.92. The van der Waals surface area contributed by atoms with Gasteiger partial charge in [0.25, 0.3) is 0 Å². The quantitative estimate of drug-likeness (QED) is 0.795. The molecule has 0 aliphatic rings. The molecule has 1 aromatic heterocycles. The first-order valence-corrected chi connectivity index (χ1v) is 5.91. The van der Waals surface area contributed by atoms with E-state index in [1.165, 1.54) is 0 Å². The number of rotatable bonds is 4. The Bertz CT molecular complexity index is 365. The van der Waals surface area contributed by atoms with Gasteiger partial charge in [-0.15, -0.1) is 11.3 Å². The highest BCUT2D eigenvalue weighted by Gasteiger charge is 2.04. The molecule has 2 nitrogen and oxygen atoms in total. The van der Waals surface area contributed by atoms with Gasteiger partial charge >= 0.3 is 0 Å². The summed E-state index contributed by atoms with van der Waals surface area (Å²) in [7, 11) is 0. The molecule has 1 N–H and O–H groups in total. The molecule has 0 saturated carbocycles. The monoisotopic (exact) mass is 223 g/mol. The van der Waals surface area contributed by atoms with Crippen molar-refractivity contribution >= 4 is 17.4 Å². The van der Waals surface area contributed by atoms with Crippen LogP contribution in [0.3, 0.4) is 0 Å². The van der Waals surface area contributed by atoms with E-state index in [0.717, 1.165) is 16.3 Å². The van der Waals surface area contributed by atoms with Crippen molar-refractivity contribution in [2.75, 3.05) is 0 Å². The van der Waals surface area contributed by atoms with E-state index in [0.29, 0.717) is 6.42 Å². The van der Waals surface area contributed by atoms with Crippen LogP contribution in [-0.2, 0) is 0 Å². The van der Waals surface area contributed by atoms with Crippen molar-refractivity contribution in [1.82, 2.24) is 4.98 Å². The van der Waals surface area contributed by atoms with E-state index in [9.17, 15) is 5.11 Å². The SMILES string of the molecule is C/C=C\C[C@H](O)/C(C)=C/c1csc(C)n1. The molecule has 0 aromatic carbocycles. The molecule has 0 saturated heterocycles. The number of aryl methyl sites for hydroxylation is 1. The molecule has 0 radical (unpaired) electrons. The molecule has 0 aliphatic carbocycles. The van der Waals surface area contributed by atoms with Gasteiger partial charge in [0.05, 0.1) is 16.8 Å². The molecule has 0 bridgehead atoms. The Morgan fingerprint density at radius 1 is 1.67 bits per heavy atom. The van der Waals surface area contributed by atoms with Crippen LogP contribution in [0.1, 0.15) is 31.0 Å². The summed E-state index contributed by atoms with van der Waals surface area (Å²) in [6.45, 7) is 5.87. The zero-order valence-electron chi connectivity index (χ0n) is 9.40. The van der Waals surface area contributed by atoms with Gasteiger partial charge in [-0.05, 0) is 38.8 Å².